The molecule has 0 amide bonds. The van der Waals surface area contributed by atoms with E-state index in [1.165, 1.54) is 10.8 Å². The summed E-state index contributed by atoms with van der Waals surface area (Å²) < 4.78 is 6.18. The van der Waals surface area contributed by atoms with E-state index in [9.17, 15) is 0 Å². The zero-order valence-electron chi connectivity index (χ0n) is 16.2. The molecule has 3 rings (SSSR count). The minimum absolute atomic E-state index is 0.589. The van der Waals surface area contributed by atoms with Gasteiger partial charge in [-0.1, -0.05) is 55.4 Å². The molecule has 0 aliphatic heterocycles. The third-order valence-electron chi connectivity index (χ3n) is 4.66. The van der Waals surface area contributed by atoms with Crippen molar-refractivity contribution in [3.63, 3.8) is 0 Å². The van der Waals surface area contributed by atoms with Crippen LogP contribution in [0.5, 0.6) is 5.75 Å². The second-order valence-electron chi connectivity index (χ2n) is 6.65. The Hall–Kier alpha value is -2.45. The first-order chi connectivity index (χ1) is 13.1. The van der Waals surface area contributed by atoms with Gasteiger partial charge in [-0.3, -0.25) is 0 Å². The van der Waals surface area contributed by atoms with Crippen molar-refractivity contribution in [3.05, 3.63) is 71.3 Å². The van der Waals surface area contributed by atoms with Gasteiger partial charge in [0.25, 0.3) is 0 Å². The van der Waals surface area contributed by atoms with Gasteiger partial charge in [-0.05, 0) is 60.4 Å². The van der Waals surface area contributed by atoms with Crippen molar-refractivity contribution in [3.8, 4) is 16.9 Å². The monoisotopic (exact) mass is 379 g/mol. The van der Waals surface area contributed by atoms with Gasteiger partial charge in [-0.25, -0.2) is 0 Å². The number of ether oxygens (including phenoxy) is 1. The van der Waals surface area contributed by atoms with E-state index in [1.807, 2.05) is 19.1 Å². The molecule has 0 spiro atoms. The van der Waals surface area contributed by atoms with Gasteiger partial charge in [-0.15, -0.1) is 0 Å². The van der Waals surface area contributed by atoms with Crippen molar-refractivity contribution in [1.29, 1.82) is 0 Å². The standard InChI is InChI=1S/C24H26ClNO/c1-5-13-26-17(4)22-15-18-9-7-8-10-21(18)23(24(22)27-6-2)20-12-11-19(25)14-16(20)3/h7-12,14-15,26H,4-6,13H2,1-3H3. The normalized spacial score (nSPS) is 10.8. The maximum absolute atomic E-state index is 6.21. The van der Waals surface area contributed by atoms with Crippen LogP contribution in [-0.4, -0.2) is 13.2 Å². The number of nitrogens with one attached hydrogen (secondary N) is 1. The Balaban J connectivity index is 2.34. The average Bonchev–Trinajstić information content (AvgIpc) is 2.66. The Morgan fingerprint density at radius 2 is 1.89 bits per heavy atom. The Morgan fingerprint density at radius 3 is 2.59 bits per heavy atom. The van der Waals surface area contributed by atoms with Crippen LogP contribution in [0.25, 0.3) is 27.6 Å². The first kappa shape index (κ1) is 19.3. The maximum Gasteiger partial charge on any atom is 0.137 e. The zero-order valence-corrected chi connectivity index (χ0v) is 17.0. The van der Waals surface area contributed by atoms with E-state index >= 15 is 0 Å². The Morgan fingerprint density at radius 1 is 1.11 bits per heavy atom. The van der Waals surface area contributed by atoms with Crippen molar-refractivity contribution in [2.45, 2.75) is 27.2 Å². The quantitative estimate of drug-likeness (QED) is 0.485. The van der Waals surface area contributed by atoms with Crippen molar-refractivity contribution in [1.82, 2.24) is 5.32 Å². The van der Waals surface area contributed by atoms with Crippen LogP contribution in [0.2, 0.25) is 5.02 Å². The fourth-order valence-electron chi connectivity index (χ4n) is 3.39. The highest BCUT2D eigenvalue weighted by Crippen LogP contribution is 2.43. The average molecular weight is 380 g/mol. The molecule has 0 unspecified atom stereocenters. The molecule has 0 heterocycles. The van der Waals surface area contributed by atoms with E-state index in [2.05, 4.69) is 62.1 Å². The van der Waals surface area contributed by atoms with E-state index in [-0.39, 0.29) is 0 Å². The summed E-state index contributed by atoms with van der Waals surface area (Å²) in [6.45, 7) is 12.0. The molecule has 3 aromatic carbocycles. The first-order valence-electron chi connectivity index (χ1n) is 9.45. The summed E-state index contributed by atoms with van der Waals surface area (Å²) >= 11 is 6.21. The fourth-order valence-corrected chi connectivity index (χ4v) is 3.62. The van der Waals surface area contributed by atoms with Crippen LogP contribution < -0.4 is 10.1 Å². The van der Waals surface area contributed by atoms with Gasteiger partial charge in [0.05, 0.1) is 6.61 Å². The molecule has 0 bridgehead atoms. The van der Waals surface area contributed by atoms with E-state index in [4.69, 9.17) is 16.3 Å². The van der Waals surface area contributed by atoms with Gasteiger partial charge in [0.1, 0.15) is 5.75 Å². The third kappa shape index (κ3) is 3.96. The highest BCUT2D eigenvalue weighted by molar-refractivity contribution is 6.30. The van der Waals surface area contributed by atoms with Crippen LogP contribution >= 0.6 is 11.6 Å². The molecular formula is C24H26ClNO. The molecule has 0 saturated carbocycles. The Kier molecular flexibility index (Phi) is 6.08. The highest BCUT2D eigenvalue weighted by Gasteiger charge is 2.19. The fraction of sp³-hybridized carbons (Fsp3) is 0.250. The summed E-state index contributed by atoms with van der Waals surface area (Å²) in [5.74, 6) is 0.871. The summed E-state index contributed by atoms with van der Waals surface area (Å²) in [7, 11) is 0. The molecule has 0 saturated heterocycles. The molecule has 0 aromatic heterocycles. The number of halogens is 1. The molecule has 0 radical (unpaired) electrons. The molecule has 3 heteroatoms. The number of hydrogen-bond acceptors (Lipinski definition) is 2. The maximum atomic E-state index is 6.21. The summed E-state index contributed by atoms with van der Waals surface area (Å²) in [5.41, 5.74) is 5.24. The molecule has 0 atom stereocenters. The lowest BCUT2D eigenvalue weighted by Crippen LogP contribution is -2.13. The second-order valence-corrected chi connectivity index (χ2v) is 7.08. The van der Waals surface area contributed by atoms with Crippen LogP contribution in [-0.2, 0) is 0 Å². The zero-order chi connectivity index (χ0) is 19.4. The smallest absolute Gasteiger partial charge is 0.137 e. The molecular weight excluding hydrogens is 354 g/mol. The third-order valence-corrected chi connectivity index (χ3v) is 4.90. The SMILES string of the molecule is C=C(NCCC)c1cc2ccccc2c(-c2ccc(Cl)cc2C)c1OCC. The topological polar surface area (TPSA) is 21.3 Å². The lowest BCUT2D eigenvalue weighted by molar-refractivity contribution is 0.341. The number of aryl methyl sites for hydroxylation is 1. The molecule has 2 nitrogen and oxygen atoms in total. The molecule has 1 N–H and O–H groups in total. The lowest BCUT2D eigenvalue weighted by Gasteiger charge is -2.21. The molecule has 140 valence electrons. The van der Waals surface area contributed by atoms with Gasteiger partial charge >= 0.3 is 0 Å². The molecule has 0 fully saturated rings. The predicted octanol–water partition coefficient (Wildman–Crippen LogP) is 6.84. The minimum Gasteiger partial charge on any atom is -0.492 e. The van der Waals surface area contributed by atoms with Crippen LogP contribution in [0.3, 0.4) is 0 Å². The number of fused-ring (bicyclic) bond motifs is 1. The van der Waals surface area contributed by atoms with Gasteiger partial charge in [0.2, 0.25) is 0 Å². The second kappa shape index (κ2) is 8.49. The van der Waals surface area contributed by atoms with Gasteiger partial charge in [-0.2, -0.15) is 0 Å². The molecule has 3 aromatic rings. The molecule has 0 aliphatic carbocycles. The number of rotatable bonds is 7. The summed E-state index contributed by atoms with van der Waals surface area (Å²) in [4.78, 5) is 0. The lowest BCUT2D eigenvalue weighted by atomic mass is 9.91. The van der Waals surface area contributed by atoms with E-state index in [0.29, 0.717) is 6.61 Å². The predicted molar refractivity (Wildman–Crippen MR) is 118 cm³/mol. The van der Waals surface area contributed by atoms with Gasteiger partial charge in [0.15, 0.2) is 0 Å². The largest absolute Gasteiger partial charge is 0.492 e. The summed E-state index contributed by atoms with van der Waals surface area (Å²) in [6.07, 6.45) is 1.04. The van der Waals surface area contributed by atoms with Crippen LogP contribution in [0, 0.1) is 6.92 Å². The van der Waals surface area contributed by atoms with Crippen LogP contribution in [0.4, 0.5) is 0 Å². The molecule has 0 aliphatic rings. The molecule has 27 heavy (non-hydrogen) atoms. The van der Waals surface area contributed by atoms with Gasteiger partial charge < -0.3 is 10.1 Å². The van der Waals surface area contributed by atoms with E-state index < -0.39 is 0 Å². The summed E-state index contributed by atoms with van der Waals surface area (Å²) in [5, 5.41) is 6.49. The minimum atomic E-state index is 0.589. The van der Waals surface area contributed by atoms with E-state index in [0.717, 1.165) is 51.7 Å². The Labute approximate surface area is 166 Å². The van der Waals surface area contributed by atoms with E-state index in [1.54, 1.807) is 0 Å². The first-order valence-corrected chi connectivity index (χ1v) is 9.82. The van der Waals surface area contributed by atoms with Crippen LogP contribution in [0.1, 0.15) is 31.4 Å². The van der Waals surface area contributed by atoms with Crippen molar-refractivity contribution in [2.24, 2.45) is 0 Å². The van der Waals surface area contributed by atoms with Crippen LogP contribution in [0.15, 0.2) is 55.1 Å². The summed E-state index contributed by atoms with van der Waals surface area (Å²) in [6, 6.07) is 16.6. The highest BCUT2D eigenvalue weighted by atomic mass is 35.5. The van der Waals surface area contributed by atoms with Crippen molar-refractivity contribution >= 4 is 28.1 Å². The number of hydrogen-bond donors (Lipinski definition) is 1. The number of benzene rings is 3. The van der Waals surface area contributed by atoms with Gasteiger partial charge in [0, 0.05) is 28.4 Å². The van der Waals surface area contributed by atoms with Crippen molar-refractivity contribution in [2.75, 3.05) is 13.2 Å². The van der Waals surface area contributed by atoms with Crippen molar-refractivity contribution < 1.29 is 4.74 Å². The Bertz CT molecular complexity index is 978.